The molecule has 11 aromatic carbocycles. The van der Waals surface area contributed by atoms with E-state index in [4.69, 9.17) is 9.98 Å². The van der Waals surface area contributed by atoms with Crippen LogP contribution in [0.3, 0.4) is 0 Å². The van der Waals surface area contributed by atoms with Crippen molar-refractivity contribution in [1.82, 2.24) is 9.88 Å². The third-order valence-corrected chi connectivity index (χ3v) is 14.7. The molecular weight excluding hydrogens is 821 g/mol. The second-order valence-electron chi connectivity index (χ2n) is 17.4. The predicted octanol–water partition coefficient (Wildman–Crippen LogP) is 15.9. The summed E-state index contributed by atoms with van der Waals surface area (Å²) >= 11 is 1.85. The number of nitrogens with zero attached hydrogens (tertiary/aromatic N) is 3. The molecule has 0 aliphatic carbocycles. The lowest BCUT2D eigenvalue weighted by Crippen LogP contribution is -2.33. The Labute approximate surface area is 384 Å². The lowest BCUT2D eigenvalue weighted by Gasteiger charge is -2.25. The molecule has 0 saturated carbocycles. The van der Waals surface area contributed by atoms with Gasteiger partial charge in [0.25, 0.3) is 0 Å². The molecule has 0 radical (unpaired) electrons. The summed E-state index contributed by atoms with van der Waals surface area (Å²) < 4.78 is 5.07. The Balaban J connectivity index is 1.02. The Morgan fingerprint density at radius 1 is 0.394 bits per heavy atom. The van der Waals surface area contributed by atoms with Gasteiger partial charge in [0.1, 0.15) is 12.0 Å². The van der Waals surface area contributed by atoms with Crippen LogP contribution in [0.2, 0.25) is 0 Å². The van der Waals surface area contributed by atoms with E-state index in [-0.39, 0.29) is 0 Å². The predicted molar refractivity (Wildman–Crippen MR) is 281 cm³/mol. The van der Waals surface area contributed by atoms with Crippen molar-refractivity contribution < 1.29 is 0 Å². The molecule has 0 saturated heterocycles. The summed E-state index contributed by atoms with van der Waals surface area (Å²) in [6, 6.07) is 79.7. The number of hydrogen-bond acceptors (Lipinski definition) is 4. The van der Waals surface area contributed by atoms with Crippen molar-refractivity contribution in [3.8, 4) is 16.8 Å². The normalized spacial score (nSPS) is 14.2. The number of aliphatic imine (C=N–C) groups is 2. The highest BCUT2D eigenvalue weighted by molar-refractivity contribution is 7.25. The standard InChI is InChI=1S/C61H38N4S/c1-3-13-39-29-46(23-21-37(39)11-1)59-62-60(47-24-22-38-12-2-4-14-40(38)30-47)64-61(63-59)48-25-27-54(50(34-48)45-26-28-58-53(33-45)49-19-9-10-20-57(49)66-58)65-55-35-43-17-7-5-15-41(43)31-51(55)52-32-42-16-6-8-18-44(42)36-56(52)65/h1-36,61H,(H,62,63,64). The third kappa shape index (κ3) is 5.98. The van der Waals surface area contributed by atoms with Gasteiger partial charge in [0.2, 0.25) is 0 Å². The van der Waals surface area contributed by atoms with Gasteiger partial charge < -0.3 is 9.88 Å². The zero-order valence-corrected chi connectivity index (χ0v) is 36.4. The average molecular weight is 859 g/mol. The fourth-order valence-corrected chi connectivity index (χ4v) is 11.3. The average Bonchev–Trinajstić information content (AvgIpc) is 3.90. The smallest absolute Gasteiger partial charge is 0.159 e. The summed E-state index contributed by atoms with van der Waals surface area (Å²) in [6.45, 7) is 0. The largest absolute Gasteiger partial charge is 0.344 e. The minimum Gasteiger partial charge on any atom is -0.344 e. The molecule has 0 fully saturated rings. The number of aromatic nitrogens is 1. The molecule has 4 nitrogen and oxygen atoms in total. The number of rotatable bonds is 5. The van der Waals surface area contributed by atoms with Crippen LogP contribution in [-0.2, 0) is 0 Å². The van der Waals surface area contributed by atoms with E-state index < -0.39 is 6.17 Å². The van der Waals surface area contributed by atoms with Gasteiger partial charge in [0.15, 0.2) is 5.84 Å². The highest BCUT2D eigenvalue weighted by atomic mass is 32.1. The maximum atomic E-state index is 5.46. The topological polar surface area (TPSA) is 41.7 Å². The highest BCUT2D eigenvalue weighted by Gasteiger charge is 2.25. The van der Waals surface area contributed by atoms with Gasteiger partial charge in [-0.15, -0.1) is 11.3 Å². The zero-order valence-electron chi connectivity index (χ0n) is 35.6. The van der Waals surface area contributed by atoms with E-state index in [0.29, 0.717) is 5.84 Å². The van der Waals surface area contributed by atoms with E-state index in [1.165, 1.54) is 79.7 Å². The Kier molecular flexibility index (Phi) is 8.18. The molecule has 2 aromatic heterocycles. The van der Waals surface area contributed by atoms with E-state index in [1.54, 1.807) is 0 Å². The lowest BCUT2D eigenvalue weighted by atomic mass is 9.97. The Bertz CT molecular complexity index is 4130. The van der Waals surface area contributed by atoms with Crippen LogP contribution < -0.4 is 5.32 Å². The lowest BCUT2D eigenvalue weighted by molar-refractivity contribution is 0.674. The SMILES string of the molecule is c1ccc2cc(C3=NC(c4ccc(-n5c6cc7ccccc7cc6c6cc7ccccc7cc65)c(-c5ccc6sc7ccccc7c6c5)c4)NC(c4ccc5ccccc5c4)=N3)ccc2c1. The Morgan fingerprint density at radius 2 is 0.924 bits per heavy atom. The summed E-state index contributed by atoms with van der Waals surface area (Å²) in [5.74, 6) is 1.49. The molecule has 13 aromatic rings. The first kappa shape index (κ1) is 37.0. The monoisotopic (exact) mass is 858 g/mol. The highest BCUT2D eigenvalue weighted by Crippen LogP contribution is 2.43. The number of hydrogen-bond donors (Lipinski definition) is 1. The summed E-state index contributed by atoms with van der Waals surface area (Å²) in [4.78, 5) is 10.7. The van der Waals surface area contributed by atoms with Gasteiger partial charge in [0.05, 0.1) is 16.7 Å². The molecule has 0 bridgehead atoms. The molecule has 308 valence electrons. The van der Waals surface area contributed by atoms with Gasteiger partial charge in [-0.05, 0) is 121 Å². The first-order chi connectivity index (χ1) is 32.6. The van der Waals surface area contributed by atoms with Crippen molar-refractivity contribution in [3.05, 3.63) is 235 Å². The second kappa shape index (κ2) is 14.6. The molecule has 1 atom stereocenters. The molecule has 3 heterocycles. The fraction of sp³-hybridized carbons (Fsp3) is 0.0164. The minimum atomic E-state index is -0.421. The first-order valence-corrected chi connectivity index (χ1v) is 23.3. The molecule has 1 unspecified atom stereocenters. The molecule has 1 aliphatic rings. The van der Waals surface area contributed by atoms with Crippen LogP contribution in [0.4, 0.5) is 0 Å². The first-order valence-electron chi connectivity index (χ1n) is 22.5. The van der Waals surface area contributed by atoms with Crippen LogP contribution in [0.5, 0.6) is 0 Å². The Morgan fingerprint density at radius 3 is 1.59 bits per heavy atom. The van der Waals surface area contributed by atoms with Crippen LogP contribution in [0, 0.1) is 0 Å². The molecule has 66 heavy (non-hydrogen) atoms. The number of thiophene rings is 1. The van der Waals surface area contributed by atoms with Crippen molar-refractivity contribution in [3.63, 3.8) is 0 Å². The molecular formula is C61H38N4S. The van der Waals surface area contributed by atoms with E-state index >= 15 is 0 Å². The van der Waals surface area contributed by atoms with E-state index in [1.807, 2.05) is 11.3 Å². The molecule has 1 N–H and O–H groups in total. The molecule has 0 spiro atoms. The quantitative estimate of drug-likeness (QED) is 0.184. The maximum absolute atomic E-state index is 5.46. The van der Waals surface area contributed by atoms with E-state index in [9.17, 15) is 0 Å². The second-order valence-corrected chi connectivity index (χ2v) is 18.5. The number of benzene rings is 11. The summed E-state index contributed by atoms with van der Waals surface area (Å²) in [7, 11) is 0. The van der Waals surface area contributed by atoms with Crippen molar-refractivity contribution in [2.45, 2.75) is 6.17 Å². The molecule has 14 rings (SSSR count). The van der Waals surface area contributed by atoms with E-state index in [2.05, 4.69) is 228 Å². The van der Waals surface area contributed by atoms with Crippen molar-refractivity contribution >= 4 is 108 Å². The Hall–Kier alpha value is -8.38. The number of amidine groups is 2. The van der Waals surface area contributed by atoms with Gasteiger partial charge in [-0.3, -0.25) is 0 Å². The van der Waals surface area contributed by atoms with Crippen LogP contribution in [0.15, 0.2) is 228 Å². The zero-order chi connectivity index (χ0) is 43.3. The van der Waals surface area contributed by atoms with Crippen LogP contribution in [-0.4, -0.2) is 16.2 Å². The van der Waals surface area contributed by atoms with E-state index in [0.717, 1.165) is 44.7 Å². The van der Waals surface area contributed by atoms with Crippen molar-refractivity contribution in [2.75, 3.05) is 0 Å². The van der Waals surface area contributed by atoms with Gasteiger partial charge >= 0.3 is 0 Å². The van der Waals surface area contributed by atoms with Crippen molar-refractivity contribution in [2.24, 2.45) is 9.98 Å². The third-order valence-electron chi connectivity index (χ3n) is 13.5. The van der Waals surface area contributed by atoms with Gasteiger partial charge in [0, 0.05) is 47.6 Å². The van der Waals surface area contributed by atoms with Gasteiger partial charge in [-0.1, -0.05) is 152 Å². The van der Waals surface area contributed by atoms with Crippen molar-refractivity contribution in [1.29, 1.82) is 0 Å². The van der Waals surface area contributed by atoms with Crippen LogP contribution in [0.1, 0.15) is 22.9 Å². The number of fused-ring (bicyclic) bond motifs is 10. The molecule has 0 amide bonds. The van der Waals surface area contributed by atoms with Crippen LogP contribution in [0.25, 0.3) is 102 Å². The summed E-state index contributed by atoms with van der Waals surface area (Å²) in [5.41, 5.74) is 8.79. The van der Waals surface area contributed by atoms with Gasteiger partial charge in [-0.2, -0.15) is 0 Å². The molecule has 1 aliphatic heterocycles. The fourth-order valence-electron chi connectivity index (χ4n) is 10.3. The summed E-state index contributed by atoms with van der Waals surface area (Å²) in [6.07, 6.45) is -0.421. The maximum Gasteiger partial charge on any atom is 0.159 e. The van der Waals surface area contributed by atoms with Crippen LogP contribution >= 0.6 is 11.3 Å². The summed E-state index contributed by atoms with van der Waals surface area (Å²) in [5, 5.41) is 18.4. The minimum absolute atomic E-state index is 0.421. The number of nitrogens with one attached hydrogen (secondary N) is 1. The van der Waals surface area contributed by atoms with Gasteiger partial charge in [-0.25, -0.2) is 9.98 Å². The molecule has 5 heteroatoms.